The first-order chi connectivity index (χ1) is 15.2. The molecule has 8 nitrogen and oxygen atoms in total. The Morgan fingerprint density at radius 2 is 2.06 bits per heavy atom. The van der Waals surface area contributed by atoms with Crippen LogP contribution < -0.4 is 10.2 Å². The summed E-state index contributed by atoms with van der Waals surface area (Å²) in [6.07, 6.45) is 3.94. The van der Waals surface area contributed by atoms with Gasteiger partial charge in [0.1, 0.15) is 11.2 Å². The summed E-state index contributed by atoms with van der Waals surface area (Å²) in [6, 6.07) is 11.3. The van der Waals surface area contributed by atoms with Gasteiger partial charge >= 0.3 is 6.09 Å². The number of fused-ring (bicyclic) bond motifs is 1. The van der Waals surface area contributed by atoms with Crippen molar-refractivity contribution in [1.82, 2.24) is 9.38 Å². The van der Waals surface area contributed by atoms with Gasteiger partial charge in [0.25, 0.3) is 0 Å². The van der Waals surface area contributed by atoms with Gasteiger partial charge in [0.15, 0.2) is 0 Å². The van der Waals surface area contributed by atoms with Gasteiger partial charge < -0.3 is 14.8 Å². The standard InChI is InChI=1S/C24H28N4O4/c1-24(2,3)32-23(30)27(4)19-8-9-21-25-13-20(28(21)14-19)16-6-5-7-18(12-16)26-22(29)17-10-11-31-15-17/h5-9,12-14,17H,10-11,15H2,1-4H3,(H,26,29)/t17-/m0/s1. The minimum Gasteiger partial charge on any atom is -0.443 e. The van der Waals surface area contributed by atoms with E-state index in [2.05, 4.69) is 10.3 Å². The summed E-state index contributed by atoms with van der Waals surface area (Å²) in [5.41, 5.74) is 3.31. The van der Waals surface area contributed by atoms with Crippen molar-refractivity contribution in [2.45, 2.75) is 32.8 Å². The number of carbonyl (C=O) groups excluding carboxylic acids is 2. The van der Waals surface area contributed by atoms with Crippen LogP contribution in [0.2, 0.25) is 0 Å². The van der Waals surface area contributed by atoms with Gasteiger partial charge in [-0.3, -0.25) is 14.1 Å². The molecule has 0 radical (unpaired) electrons. The number of amides is 2. The van der Waals surface area contributed by atoms with Crippen molar-refractivity contribution < 1.29 is 19.1 Å². The largest absolute Gasteiger partial charge is 0.443 e. The van der Waals surface area contributed by atoms with E-state index in [1.54, 1.807) is 13.2 Å². The van der Waals surface area contributed by atoms with Gasteiger partial charge in [-0.15, -0.1) is 0 Å². The molecule has 2 amide bonds. The molecular weight excluding hydrogens is 408 g/mol. The van der Waals surface area contributed by atoms with E-state index in [0.717, 1.165) is 29.0 Å². The molecule has 0 bridgehead atoms. The molecule has 168 valence electrons. The van der Waals surface area contributed by atoms with Gasteiger partial charge in [0.05, 0.1) is 30.1 Å². The summed E-state index contributed by atoms with van der Waals surface area (Å²) in [5, 5.41) is 2.98. The number of pyridine rings is 1. The molecule has 8 heteroatoms. The number of nitrogens with zero attached hydrogens (tertiary/aromatic N) is 3. The fraction of sp³-hybridized carbons (Fsp3) is 0.375. The molecule has 0 saturated carbocycles. The first kappa shape index (κ1) is 21.8. The van der Waals surface area contributed by atoms with Crippen LogP contribution in [0.25, 0.3) is 16.9 Å². The topological polar surface area (TPSA) is 85.2 Å². The monoisotopic (exact) mass is 436 g/mol. The Kier molecular flexibility index (Phi) is 5.88. The van der Waals surface area contributed by atoms with E-state index in [0.29, 0.717) is 18.9 Å². The average molecular weight is 437 g/mol. The first-order valence-electron chi connectivity index (χ1n) is 10.6. The van der Waals surface area contributed by atoms with Crippen LogP contribution in [0.1, 0.15) is 27.2 Å². The SMILES string of the molecule is CN(C(=O)OC(C)(C)C)c1ccc2ncc(-c3cccc(NC(=O)[C@H]4CCOC4)c3)n2c1. The van der Waals surface area contributed by atoms with Crippen molar-refractivity contribution in [2.75, 3.05) is 30.5 Å². The molecule has 2 aromatic heterocycles. The highest BCUT2D eigenvalue weighted by Crippen LogP contribution is 2.27. The van der Waals surface area contributed by atoms with Crippen molar-refractivity contribution >= 4 is 29.0 Å². The third-order valence-corrected chi connectivity index (χ3v) is 5.27. The maximum atomic E-state index is 12.5. The van der Waals surface area contributed by atoms with Crippen LogP contribution >= 0.6 is 0 Å². The molecular formula is C24H28N4O4. The summed E-state index contributed by atoms with van der Waals surface area (Å²) >= 11 is 0. The number of nitrogens with one attached hydrogen (secondary N) is 1. The normalized spacial score (nSPS) is 16.2. The van der Waals surface area contributed by atoms with Crippen LogP contribution in [0.5, 0.6) is 0 Å². The molecule has 3 aromatic rings. The predicted molar refractivity (Wildman–Crippen MR) is 123 cm³/mol. The van der Waals surface area contributed by atoms with E-state index in [4.69, 9.17) is 9.47 Å². The van der Waals surface area contributed by atoms with Crippen LogP contribution in [-0.4, -0.2) is 47.2 Å². The Balaban J connectivity index is 1.60. The van der Waals surface area contributed by atoms with Crippen LogP contribution in [0, 0.1) is 5.92 Å². The van der Waals surface area contributed by atoms with Crippen molar-refractivity contribution in [1.29, 1.82) is 0 Å². The lowest BCUT2D eigenvalue weighted by molar-refractivity contribution is -0.119. The summed E-state index contributed by atoms with van der Waals surface area (Å²) < 4.78 is 12.7. The molecule has 1 saturated heterocycles. The van der Waals surface area contributed by atoms with Gasteiger partial charge in [-0.25, -0.2) is 9.78 Å². The molecule has 1 atom stereocenters. The number of ether oxygens (including phenoxy) is 2. The highest BCUT2D eigenvalue weighted by molar-refractivity contribution is 5.93. The molecule has 0 spiro atoms. The lowest BCUT2D eigenvalue weighted by Gasteiger charge is -2.24. The molecule has 4 rings (SSSR count). The van der Waals surface area contributed by atoms with E-state index >= 15 is 0 Å². The molecule has 1 fully saturated rings. The minimum absolute atomic E-state index is 0.0286. The lowest BCUT2D eigenvalue weighted by atomic mass is 10.1. The zero-order chi connectivity index (χ0) is 22.9. The van der Waals surface area contributed by atoms with Gasteiger partial charge in [-0.2, -0.15) is 0 Å². The number of hydrogen-bond acceptors (Lipinski definition) is 5. The first-order valence-corrected chi connectivity index (χ1v) is 10.6. The quantitative estimate of drug-likeness (QED) is 0.657. The number of hydrogen-bond donors (Lipinski definition) is 1. The van der Waals surface area contributed by atoms with Crippen LogP contribution in [-0.2, 0) is 14.3 Å². The van der Waals surface area contributed by atoms with Gasteiger partial charge in [-0.05, 0) is 51.5 Å². The Morgan fingerprint density at radius 1 is 1.25 bits per heavy atom. The average Bonchev–Trinajstić information content (AvgIpc) is 3.42. The third kappa shape index (κ3) is 4.75. The van der Waals surface area contributed by atoms with E-state index in [9.17, 15) is 9.59 Å². The lowest BCUT2D eigenvalue weighted by Crippen LogP contribution is -2.34. The second-order valence-electron chi connectivity index (χ2n) is 8.93. The van der Waals surface area contributed by atoms with E-state index in [1.165, 1.54) is 4.90 Å². The van der Waals surface area contributed by atoms with Gasteiger partial charge in [0, 0.05) is 31.1 Å². The number of rotatable bonds is 4. The Morgan fingerprint density at radius 3 is 2.78 bits per heavy atom. The molecule has 3 heterocycles. The van der Waals surface area contributed by atoms with Crippen molar-refractivity contribution in [3.63, 3.8) is 0 Å². The van der Waals surface area contributed by atoms with E-state index in [-0.39, 0.29) is 11.8 Å². The number of imidazole rings is 1. The molecule has 1 N–H and O–H groups in total. The summed E-state index contributed by atoms with van der Waals surface area (Å²) in [6.45, 7) is 6.59. The Labute approximate surface area is 187 Å². The van der Waals surface area contributed by atoms with Crippen LogP contribution in [0.4, 0.5) is 16.2 Å². The predicted octanol–water partition coefficient (Wildman–Crippen LogP) is 4.35. The van der Waals surface area contributed by atoms with Crippen LogP contribution in [0.15, 0.2) is 48.8 Å². The summed E-state index contributed by atoms with van der Waals surface area (Å²) in [7, 11) is 1.68. The fourth-order valence-corrected chi connectivity index (χ4v) is 3.56. The van der Waals surface area contributed by atoms with E-state index < -0.39 is 11.7 Å². The fourth-order valence-electron chi connectivity index (χ4n) is 3.56. The van der Waals surface area contributed by atoms with Crippen LogP contribution in [0.3, 0.4) is 0 Å². The molecule has 0 unspecified atom stereocenters. The Hall–Kier alpha value is -3.39. The van der Waals surface area contributed by atoms with Gasteiger partial charge in [-0.1, -0.05) is 12.1 Å². The molecule has 32 heavy (non-hydrogen) atoms. The van der Waals surface area contributed by atoms with Gasteiger partial charge in [0.2, 0.25) is 5.91 Å². The zero-order valence-electron chi connectivity index (χ0n) is 18.8. The smallest absolute Gasteiger partial charge is 0.414 e. The van der Waals surface area contributed by atoms with Crippen molar-refractivity contribution in [3.8, 4) is 11.3 Å². The van der Waals surface area contributed by atoms with E-state index in [1.807, 2.05) is 67.8 Å². The number of benzene rings is 1. The Bertz CT molecular complexity index is 1140. The highest BCUT2D eigenvalue weighted by Gasteiger charge is 2.24. The molecule has 0 aliphatic carbocycles. The maximum absolute atomic E-state index is 12.5. The molecule has 1 aliphatic heterocycles. The molecule has 1 aliphatic rings. The number of aromatic nitrogens is 2. The van der Waals surface area contributed by atoms with Crippen molar-refractivity contribution in [3.05, 3.63) is 48.8 Å². The molecule has 1 aromatic carbocycles. The minimum atomic E-state index is -0.578. The maximum Gasteiger partial charge on any atom is 0.414 e. The number of anilines is 2. The number of carbonyl (C=O) groups is 2. The summed E-state index contributed by atoms with van der Waals surface area (Å²) in [4.78, 5) is 30.9. The highest BCUT2D eigenvalue weighted by atomic mass is 16.6. The summed E-state index contributed by atoms with van der Waals surface area (Å²) in [5.74, 6) is -0.139. The second-order valence-corrected chi connectivity index (χ2v) is 8.93. The zero-order valence-corrected chi connectivity index (χ0v) is 18.8. The third-order valence-electron chi connectivity index (χ3n) is 5.27. The van der Waals surface area contributed by atoms with Crippen molar-refractivity contribution in [2.24, 2.45) is 5.92 Å². The second kappa shape index (κ2) is 8.63.